The lowest BCUT2D eigenvalue weighted by Crippen LogP contribution is -2.28. The molecule has 0 saturated carbocycles. The number of hydrogen-bond acceptors (Lipinski definition) is 2. The molecule has 50 valence electrons. The van der Waals surface area contributed by atoms with E-state index >= 15 is 0 Å². The van der Waals surface area contributed by atoms with E-state index in [1.165, 1.54) is 6.92 Å². The van der Waals surface area contributed by atoms with Gasteiger partial charge in [-0.25, -0.2) is 10.2 Å². The lowest BCUT2D eigenvalue weighted by Gasteiger charge is -1.97. The first-order valence-corrected chi connectivity index (χ1v) is 2.21. The molecule has 0 aromatic rings. The summed E-state index contributed by atoms with van der Waals surface area (Å²) in [6.07, 6.45) is 0. The van der Waals surface area contributed by atoms with Crippen molar-refractivity contribution in [1.82, 2.24) is 5.43 Å². The third-order valence-electron chi connectivity index (χ3n) is 0.667. The minimum absolute atomic E-state index is 0.833. The van der Waals surface area contributed by atoms with E-state index in [2.05, 4.69) is 10.1 Å². The van der Waals surface area contributed by atoms with Crippen LogP contribution < -0.4 is 5.43 Å². The van der Waals surface area contributed by atoms with Crippen LogP contribution in [0.5, 0.6) is 0 Å². The zero-order valence-corrected chi connectivity index (χ0v) is 4.77. The van der Waals surface area contributed by atoms with E-state index in [0.29, 0.717) is 0 Å². The van der Waals surface area contributed by atoms with Gasteiger partial charge in [0.25, 0.3) is 0 Å². The molecule has 0 aromatic heterocycles. The molecule has 0 aliphatic heterocycles. The molecule has 0 aliphatic carbocycles. The van der Waals surface area contributed by atoms with Gasteiger partial charge in [0.15, 0.2) is 6.04 Å². The molecule has 6 heteroatoms. The smallest absolute Gasteiger partial charge is 0.348 e. The lowest BCUT2D eigenvalue weighted by molar-refractivity contribution is -0.138. The Hall–Kier alpha value is -1.42. The van der Waals surface area contributed by atoms with Gasteiger partial charge in [-0.15, -0.1) is 5.53 Å². The van der Waals surface area contributed by atoms with E-state index in [1.54, 1.807) is 0 Å². The first-order valence-electron chi connectivity index (χ1n) is 2.21. The second kappa shape index (κ2) is 3.57. The van der Waals surface area contributed by atoms with Crippen LogP contribution in [0, 0.1) is 0 Å². The standard InChI is InChI=1S/C3H6N4O2/c1-2(3(8)9)5-7-6-4/h2,5H,1H3,(H,8,9)/t2-/m1/s1. The predicted octanol–water partition coefficient (Wildman–Crippen LogP) is 0.274. The van der Waals surface area contributed by atoms with Gasteiger partial charge in [0.05, 0.1) is 0 Å². The molecule has 0 aliphatic rings. The summed E-state index contributed by atoms with van der Waals surface area (Å²) in [5, 5.41) is 11.0. The van der Waals surface area contributed by atoms with E-state index < -0.39 is 12.0 Å². The van der Waals surface area contributed by atoms with Crippen LogP contribution in [0.2, 0.25) is 0 Å². The second-order valence-electron chi connectivity index (χ2n) is 1.38. The van der Waals surface area contributed by atoms with Gasteiger partial charge in [-0.1, -0.05) is 0 Å². The average molecular weight is 130 g/mol. The van der Waals surface area contributed by atoms with Crippen LogP contribution in [0.15, 0.2) is 5.22 Å². The third-order valence-corrected chi connectivity index (χ3v) is 0.667. The van der Waals surface area contributed by atoms with Gasteiger partial charge in [0.2, 0.25) is 0 Å². The highest BCUT2D eigenvalue weighted by molar-refractivity contribution is 5.72. The van der Waals surface area contributed by atoms with E-state index in [-0.39, 0.29) is 0 Å². The molecule has 0 bridgehead atoms. The Morgan fingerprint density at radius 1 is 2.00 bits per heavy atom. The number of nitrogens with one attached hydrogen (secondary N) is 1. The van der Waals surface area contributed by atoms with Crippen LogP contribution in [0.4, 0.5) is 0 Å². The summed E-state index contributed by atoms with van der Waals surface area (Å²) < 4.78 is 0. The molecule has 2 N–H and O–H groups in total. The second-order valence-corrected chi connectivity index (χ2v) is 1.38. The maximum Gasteiger partial charge on any atom is 0.348 e. The molecule has 6 nitrogen and oxygen atoms in total. The van der Waals surface area contributed by atoms with Gasteiger partial charge < -0.3 is 5.11 Å². The molecule has 0 heterocycles. The SMILES string of the molecule is C[C@@H](NN=[N+]=[N-])C(=O)O. The number of carboxylic acid groups (broad SMARTS) is 1. The summed E-state index contributed by atoms with van der Waals surface area (Å²) in [6, 6.07) is -0.833. The molecule has 0 amide bonds. The number of azide groups is 1. The molecule has 0 saturated heterocycles. The Kier molecular flexibility index (Phi) is 3.00. The first kappa shape index (κ1) is 7.58. The summed E-state index contributed by atoms with van der Waals surface area (Å²) in [4.78, 5) is 12.3. The number of aliphatic carboxylic acids is 1. The van der Waals surface area contributed by atoms with Crippen LogP contribution in [0.1, 0.15) is 6.92 Å². The fourth-order valence-electron chi connectivity index (χ4n) is 0.168. The fourth-order valence-corrected chi connectivity index (χ4v) is 0.168. The summed E-state index contributed by atoms with van der Waals surface area (Å²) in [5.74, 6) is -1.05. The van der Waals surface area contributed by atoms with Gasteiger partial charge in [0.1, 0.15) is 0 Å². The van der Waals surface area contributed by atoms with Crippen molar-refractivity contribution in [3.05, 3.63) is 10.4 Å². The summed E-state index contributed by atoms with van der Waals surface area (Å²) in [6.45, 7) is 1.37. The lowest BCUT2D eigenvalue weighted by atomic mass is 10.4. The zero-order chi connectivity index (χ0) is 7.28. The van der Waals surface area contributed by atoms with Gasteiger partial charge in [-0.05, 0) is 12.1 Å². The molecule has 0 aromatic carbocycles. The van der Waals surface area contributed by atoms with Crippen LogP contribution in [0.3, 0.4) is 0 Å². The number of carbonyl (C=O) groups is 1. The Balaban J connectivity index is 3.63. The normalized spacial score (nSPS) is 11.2. The largest absolute Gasteiger partial charge is 0.478 e. The number of carboxylic acids is 1. The van der Waals surface area contributed by atoms with E-state index in [1.807, 2.05) is 5.43 Å². The molecule has 9 heavy (non-hydrogen) atoms. The fraction of sp³-hybridized carbons (Fsp3) is 0.667. The van der Waals surface area contributed by atoms with Gasteiger partial charge in [-0.2, -0.15) is 4.91 Å². The topological polar surface area (TPSA) is 98.1 Å². The quantitative estimate of drug-likeness (QED) is 0.248. The predicted molar refractivity (Wildman–Crippen MR) is 29.4 cm³/mol. The molecule has 0 spiro atoms. The zero-order valence-electron chi connectivity index (χ0n) is 4.77. The summed E-state index contributed by atoms with van der Waals surface area (Å²) >= 11 is 0. The Morgan fingerprint density at radius 2 is 2.56 bits per heavy atom. The Morgan fingerprint density at radius 3 is 2.89 bits per heavy atom. The number of rotatable bonds is 3. The minimum atomic E-state index is -1.05. The molecule has 0 fully saturated rings. The van der Waals surface area contributed by atoms with Crippen molar-refractivity contribution in [3.63, 3.8) is 0 Å². The maximum absolute atomic E-state index is 9.96. The van der Waals surface area contributed by atoms with Gasteiger partial charge in [-0.3, -0.25) is 0 Å². The van der Waals surface area contributed by atoms with Crippen molar-refractivity contribution in [2.24, 2.45) is 5.22 Å². The van der Waals surface area contributed by atoms with Crippen molar-refractivity contribution in [2.75, 3.05) is 0 Å². The highest BCUT2D eigenvalue weighted by Gasteiger charge is 2.10. The van der Waals surface area contributed by atoms with E-state index in [4.69, 9.17) is 10.6 Å². The Bertz CT molecular complexity index is 150. The maximum atomic E-state index is 9.96. The number of hydrogen-bond donors (Lipinski definition) is 2. The molecule has 0 rings (SSSR count). The molecule has 0 unspecified atom stereocenters. The monoisotopic (exact) mass is 130 g/mol. The Labute approximate surface area is 51.1 Å². The molecular weight excluding hydrogens is 124 g/mol. The third kappa shape index (κ3) is 3.19. The summed E-state index contributed by atoms with van der Waals surface area (Å²) in [7, 11) is 0. The van der Waals surface area contributed by atoms with Crippen LogP contribution in [0.25, 0.3) is 10.4 Å². The van der Waals surface area contributed by atoms with Crippen LogP contribution in [-0.4, -0.2) is 17.1 Å². The molecule has 0 radical (unpaired) electrons. The molecule has 1 atom stereocenters. The number of nitrogens with zero attached hydrogens (tertiary/aromatic N) is 3. The van der Waals surface area contributed by atoms with E-state index in [0.717, 1.165) is 0 Å². The van der Waals surface area contributed by atoms with Crippen molar-refractivity contribution < 1.29 is 9.90 Å². The van der Waals surface area contributed by atoms with Gasteiger partial charge >= 0.3 is 5.97 Å². The van der Waals surface area contributed by atoms with E-state index in [9.17, 15) is 4.79 Å². The van der Waals surface area contributed by atoms with Crippen LogP contribution >= 0.6 is 0 Å². The highest BCUT2D eigenvalue weighted by Crippen LogP contribution is 1.78. The molecular formula is C3H6N4O2. The van der Waals surface area contributed by atoms with Crippen molar-refractivity contribution in [2.45, 2.75) is 13.0 Å². The first-order chi connectivity index (χ1) is 4.18. The van der Waals surface area contributed by atoms with Crippen molar-refractivity contribution >= 4 is 5.97 Å². The average Bonchev–Trinajstić information content (AvgIpc) is 1.82. The van der Waals surface area contributed by atoms with Gasteiger partial charge in [0, 0.05) is 0 Å². The summed E-state index contributed by atoms with van der Waals surface area (Å²) in [5.41, 5.74) is 9.74. The van der Waals surface area contributed by atoms with Crippen LogP contribution in [-0.2, 0) is 4.79 Å². The van der Waals surface area contributed by atoms with Crippen molar-refractivity contribution in [3.8, 4) is 0 Å². The minimum Gasteiger partial charge on any atom is -0.478 e. The van der Waals surface area contributed by atoms with Crippen molar-refractivity contribution in [1.29, 1.82) is 0 Å². The highest BCUT2D eigenvalue weighted by atomic mass is 16.4.